The number of carboxylic acids is 1. The van der Waals surface area contributed by atoms with Gasteiger partial charge in [-0.1, -0.05) is 12.1 Å². The number of carbonyl (C=O) groups is 1. The van der Waals surface area contributed by atoms with Crippen molar-refractivity contribution in [1.29, 1.82) is 0 Å². The summed E-state index contributed by atoms with van der Waals surface area (Å²) in [5, 5.41) is 8.85. The highest BCUT2D eigenvalue weighted by atomic mass is 19.1. The van der Waals surface area contributed by atoms with Gasteiger partial charge in [-0.05, 0) is 37.6 Å². The Hall–Kier alpha value is -1.46. The molecule has 19 heavy (non-hydrogen) atoms. The third-order valence-electron chi connectivity index (χ3n) is 3.24. The Morgan fingerprint density at radius 1 is 1.53 bits per heavy atom. The second kappa shape index (κ2) is 6.12. The second-order valence-corrected chi connectivity index (χ2v) is 4.99. The van der Waals surface area contributed by atoms with Crippen LogP contribution in [0.2, 0.25) is 0 Å². The average Bonchev–Trinajstić information content (AvgIpc) is 2.77. The minimum Gasteiger partial charge on any atom is -0.479 e. The van der Waals surface area contributed by atoms with E-state index in [0.717, 1.165) is 12.0 Å². The van der Waals surface area contributed by atoms with Crippen molar-refractivity contribution >= 4 is 5.97 Å². The Balaban J connectivity index is 1.82. The van der Waals surface area contributed by atoms with Gasteiger partial charge in [-0.2, -0.15) is 0 Å². The van der Waals surface area contributed by atoms with Crippen molar-refractivity contribution in [2.75, 3.05) is 13.6 Å². The lowest BCUT2D eigenvalue weighted by molar-refractivity contribution is -0.149. The number of hydrogen-bond acceptors (Lipinski definition) is 3. The number of hydrogen-bond donors (Lipinski definition) is 1. The maximum Gasteiger partial charge on any atom is 0.332 e. The Bertz CT molecular complexity index is 452. The van der Waals surface area contributed by atoms with Gasteiger partial charge >= 0.3 is 5.97 Å². The van der Waals surface area contributed by atoms with Crippen molar-refractivity contribution in [3.05, 3.63) is 35.6 Å². The number of nitrogens with zero attached hydrogens (tertiary/aromatic N) is 1. The SMILES string of the molecule is CN(Cc1cccc(F)c1)CC1CCC(C(=O)O)O1. The molecule has 0 spiro atoms. The number of halogens is 1. The fraction of sp³-hybridized carbons (Fsp3) is 0.500. The molecule has 2 atom stereocenters. The van der Waals surface area contributed by atoms with E-state index in [1.165, 1.54) is 12.1 Å². The van der Waals surface area contributed by atoms with E-state index in [2.05, 4.69) is 0 Å². The predicted octanol–water partition coefficient (Wildman–Crippen LogP) is 1.89. The molecule has 0 radical (unpaired) electrons. The van der Waals surface area contributed by atoms with Crippen molar-refractivity contribution in [1.82, 2.24) is 4.90 Å². The van der Waals surface area contributed by atoms with Crippen LogP contribution in [0.3, 0.4) is 0 Å². The topological polar surface area (TPSA) is 49.8 Å². The minimum atomic E-state index is -0.893. The molecule has 104 valence electrons. The van der Waals surface area contributed by atoms with Crippen LogP contribution in [0, 0.1) is 5.82 Å². The number of rotatable bonds is 5. The van der Waals surface area contributed by atoms with Crippen LogP contribution in [0.1, 0.15) is 18.4 Å². The smallest absolute Gasteiger partial charge is 0.332 e. The number of aliphatic carboxylic acids is 1. The first kappa shape index (κ1) is 14.0. The molecule has 1 fully saturated rings. The molecule has 0 aliphatic carbocycles. The molecule has 0 amide bonds. The zero-order valence-electron chi connectivity index (χ0n) is 10.9. The lowest BCUT2D eigenvalue weighted by Crippen LogP contribution is -2.30. The van der Waals surface area contributed by atoms with Crippen LogP contribution in [-0.4, -0.2) is 41.8 Å². The van der Waals surface area contributed by atoms with E-state index >= 15 is 0 Å². The molecular weight excluding hydrogens is 249 g/mol. The summed E-state index contributed by atoms with van der Waals surface area (Å²) in [5.41, 5.74) is 0.898. The zero-order valence-corrected chi connectivity index (χ0v) is 10.9. The third kappa shape index (κ3) is 4.01. The lowest BCUT2D eigenvalue weighted by Gasteiger charge is -2.21. The van der Waals surface area contributed by atoms with Crippen molar-refractivity contribution < 1.29 is 19.0 Å². The highest BCUT2D eigenvalue weighted by Gasteiger charge is 2.30. The number of likely N-dealkylation sites (N-methyl/N-ethyl adjacent to an activating group) is 1. The molecule has 2 rings (SSSR count). The molecule has 4 nitrogen and oxygen atoms in total. The summed E-state index contributed by atoms with van der Waals surface area (Å²) in [6.45, 7) is 1.27. The molecule has 0 aromatic heterocycles. The molecule has 1 aromatic rings. The van der Waals surface area contributed by atoms with E-state index in [4.69, 9.17) is 9.84 Å². The normalized spacial score (nSPS) is 22.9. The summed E-state index contributed by atoms with van der Waals surface area (Å²) in [7, 11) is 1.92. The van der Waals surface area contributed by atoms with Gasteiger partial charge in [0, 0.05) is 13.1 Å². The van der Waals surface area contributed by atoms with Crippen molar-refractivity contribution in [3.63, 3.8) is 0 Å². The Kier molecular flexibility index (Phi) is 4.50. The molecular formula is C14H18FNO3. The Labute approximate surface area is 111 Å². The van der Waals surface area contributed by atoms with E-state index in [1.54, 1.807) is 6.07 Å². The van der Waals surface area contributed by atoms with E-state index in [0.29, 0.717) is 19.5 Å². The van der Waals surface area contributed by atoms with Crippen LogP contribution >= 0.6 is 0 Å². The van der Waals surface area contributed by atoms with Crippen molar-refractivity contribution in [2.45, 2.75) is 31.6 Å². The summed E-state index contributed by atoms with van der Waals surface area (Å²) in [6, 6.07) is 6.48. The molecule has 1 aliphatic heterocycles. The van der Waals surface area contributed by atoms with Gasteiger partial charge in [-0.25, -0.2) is 9.18 Å². The van der Waals surface area contributed by atoms with E-state index in [9.17, 15) is 9.18 Å². The van der Waals surface area contributed by atoms with Crippen LogP contribution in [0.15, 0.2) is 24.3 Å². The lowest BCUT2D eigenvalue weighted by atomic mass is 10.1. The van der Waals surface area contributed by atoms with Crippen LogP contribution in [0.4, 0.5) is 4.39 Å². The number of benzene rings is 1. The van der Waals surface area contributed by atoms with Gasteiger partial charge in [0.25, 0.3) is 0 Å². The van der Waals surface area contributed by atoms with Gasteiger partial charge in [0.2, 0.25) is 0 Å². The zero-order chi connectivity index (χ0) is 13.8. The molecule has 1 aromatic carbocycles. The van der Waals surface area contributed by atoms with Gasteiger partial charge in [0.1, 0.15) is 5.82 Å². The van der Waals surface area contributed by atoms with Gasteiger partial charge in [-0.15, -0.1) is 0 Å². The standard InChI is InChI=1S/C14H18FNO3/c1-16(8-10-3-2-4-11(15)7-10)9-12-5-6-13(19-12)14(17)18/h2-4,7,12-13H,5-6,8-9H2,1H3,(H,17,18). The van der Waals surface area contributed by atoms with Crippen molar-refractivity contribution in [2.24, 2.45) is 0 Å². The fourth-order valence-electron chi connectivity index (χ4n) is 2.38. The highest BCUT2D eigenvalue weighted by Crippen LogP contribution is 2.21. The summed E-state index contributed by atoms with van der Waals surface area (Å²) in [5.74, 6) is -1.13. The molecule has 1 aliphatic rings. The molecule has 1 saturated heterocycles. The molecule has 1 N–H and O–H groups in total. The highest BCUT2D eigenvalue weighted by molar-refractivity contribution is 5.72. The average molecular weight is 267 g/mol. The largest absolute Gasteiger partial charge is 0.479 e. The van der Waals surface area contributed by atoms with Crippen LogP contribution in [0.5, 0.6) is 0 Å². The van der Waals surface area contributed by atoms with Gasteiger partial charge in [-0.3, -0.25) is 4.90 Å². The second-order valence-electron chi connectivity index (χ2n) is 4.99. The Morgan fingerprint density at radius 2 is 2.32 bits per heavy atom. The monoisotopic (exact) mass is 267 g/mol. The fourth-order valence-corrected chi connectivity index (χ4v) is 2.38. The maximum atomic E-state index is 13.1. The first-order valence-corrected chi connectivity index (χ1v) is 6.36. The van der Waals surface area contributed by atoms with Gasteiger partial charge in [0.05, 0.1) is 6.10 Å². The van der Waals surface area contributed by atoms with E-state index < -0.39 is 12.1 Å². The predicted molar refractivity (Wildman–Crippen MR) is 68.3 cm³/mol. The van der Waals surface area contributed by atoms with Crippen LogP contribution in [-0.2, 0) is 16.1 Å². The summed E-state index contributed by atoms with van der Waals surface area (Å²) in [6.07, 6.45) is 0.588. The first-order chi connectivity index (χ1) is 9.04. The molecule has 0 bridgehead atoms. The molecule has 5 heteroatoms. The quantitative estimate of drug-likeness (QED) is 0.885. The van der Waals surface area contributed by atoms with Crippen LogP contribution in [0.25, 0.3) is 0 Å². The van der Waals surface area contributed by atoms with Crippen LogP contribution < -0.4 is 0 Å². The van der Waals surface area contributed by atoms with Crippen molar-refractivity contribution in [3.8, 4) is 0 Å². The van der Waals surface area contributed by atoms with Gasteiger partial charge in [0.15, 0.2) is 6.10 Å². The summed E-state index contributed by atoms with van der Waals surface area (Å²) >= 11 is 0. The van der Waals surface area contributed by atoms with Gasteiger partial charge < -0.3 is 9.84 Å². The molecule has 2 unspecified atom stereocenters. The third-order valence-corrected chi connectivity index (χ3v) is 3.24. The summed E-state index contributed by atoms with van der Waals surface area (Å²) < 4.78 is 18.5. The molecule has 0 saturated carbocycles. The molecule has 1 heterocycles. The first-order valence-electron chi connectivity index (χ1n) is 6.36. The minimum absolute atomic E-state index is 0.0559. The van der Waals surface area contributed by atoms with E-state index in [-0.39, 0.29) is 11.9 Å². The maximum absolute atomic E-state index is 13.1. The van der Waals surface area contributed by atoms with E-state index in [1.807, 2.05) is 18.0 Å². The number of carboxylic acid groups (broad SMARTS) is 1. The Morgan fingerprint density at radius 3 is 2.95 bits per heavy atom. The summed E-state index contributed by atoms with van der Waals surface area (Å²) in [4.78, 5) is 12.8. The number of ether oxygens (including phenoxy) is 1.